The molecule has 2 aromatic heterocycles. The Bertz CT molecular complexity index is 678. The Kier molecular flexibility index (Phi) is 2.13. The topological polar surface area (TPSA) is 39.4 Å². The lowest BCUT2D eigenvalue weighted by Crippen LogP contribution is -2.24. The van der Waals surface area contributed by atoms with Crippen molar-refractivity contribution in [3.05, 3.63) is 24.3 Å². The van der Waals surface area contributed by atoms with Crippen LogP contribution in [0.3, 0.4) is 0 Å². The van der Waals surface area contributed by atoms with Crippen LogP contribution in [0, 0.1) is 0 Å². The zero-order chi connectivity index (χ0) is 12.0. The van der Waals surface area contributed by atoms with Gasteiger partial charge in [-0.1, -0.05) is 12.1 Å². The van der Waals surface area contributed by atoms with Crippen molar-refractivity contribution in [1.29, 1.82) is 0 Å². The van der Waals surface area contributed by atoms with Gasteiger partial charge >= 0.3 is 6.01 Å². The van der Waals surface area contributed by atoms with Crippen molar-refractivity contribution in [2.45, 2.75) is 26.4 Å². The number of rotatable bonds is 1. The van der Waals surface area contributed by atoms with Crippen molar-refractivity contribution >= 4 is 27.5 Å². The first-order valence-corrected chi connectivity index (χ1v) is 6.24. The van der Waals surface area contributed by atoms with E-state index in [-0.39, 0.29) is 5.60 Å². The van der Waals surface area contributed by atoms with Crippen LogP contribution in [0.4, 0.5) is 0 Å². The summed E-state index contributed by atoms with van der Waals surface area (Å²) in [6, 6.07) is 8.62. The van der Waals surface area contributed by atoms with Gasteiger partial charge in [0.05, 0.1) is 11.0 Å². The molecule has 0 saturated heterocycles. The van der Waals surface area contributed by atoms with E-state index < -0.39 is 0 Å². The number of nitrogens with zero attached hydrogens (tertiary/aromatic N) is 3. The van der Waals surface area contributed by atoms with Crippen LogP contribution < -0.4 is 4.74 Å². The van der Waals surface area contributed by atoms with Gasteiger partial charge in [-0.3, -0.25) is 0 Å². The fraction of sp³-hybridized carbons (Fsp3) is 0.333. The van der Waals surface area contributed by atoms with Gasteiger partial charge in [0.15, 0.2) is 0 Å². The lowest BCUT2D eigenvalue weighted by Gasteiger charge is -2.18. The lowest BCUT2D eigenvalue weighted by molar-refractivity contribution is 0.117. The molecule has 0 bridgehead atoms. The summed E-state index contributed by atoms with van der Waals surface area (Å²) in [5.41, 5.74) is 1.75. The molecule has 3 aromatic rings. The maximum atomic E-state index is 5.84. The highest BCUT2D eigenvalue weighted by Gasteiger charge is 2.18. The van der Waals surface area contributed by atoms with Crippen LogP contribution >= 0.6 is 11.5 Å². The van der Waals surface area contributed by atoms with Crippen LogP contribution in [0.25, 0.3) is 16.0 Å². The average Bonchev–Trinajstić information content (AvgIpc) is 2.76. The highest BCUT2D eigenvalue weighted by atomic mass is 32.1. The standard InChI is InChI=1S/C12H13N3OS/c1-12(2,3)16-10-14-17-11-13-8-6-4-5-7-9(8)15(10)11/h4-7H,1-3H3. The summed E-state index contributed by atoms with van der Waals surface area (Å²) in [4.78, 5) is 5.37. The van der Waals surface area contributed by atoms with Gasteiger partial charge in [-0.2, -0.15) is 0 Å². The van der Waals surface area contributed by atoms with Crippen LogP contribution in [-0.4, -0.2) is 19.4 Å². The largest absolute Gasteiger partial charge is 0.458 e. The minimum atomic E-state index is -0.258. The highest BCUT2D eigenvalue weighted by molar-refractivity contribution is 7.11. The van der Waals surface area contributed by atoms with Crippen molar-refractivity contribution in [1.82, 2.24) is 13.8 Å². The van der Waals surface area contributed by atoms with E-state index in [2.05, 4.69) is 9.36 Å². The average molecular weight is 247 g/mol. The van der Waals surface area contributed by atoms with E-state index in [9.17, 15) is 0 Å². The van der Waals surface area contributed by atoms with E-state index in [0.717, 1.165) is 16.0 Å². The zero-order valence-corrected chi connectivity index (χ0v) is 10.8. The van der Waals surface area contributed by atoms with Gasteiger partial charge in [0.25, 0.3) is 0 Å². The predicted molar refractivity (Wildman–Crippen MR) is 68.8 cm³/mol. The molecule has 88 valence electrons. The second-order valence-corrected chi connectivity index (χ2v) is 5.63. The van der Waals surface area contributed by atoms with Gasteiger partial charge in [0.1, 0.15) is 5.60 Å². The molecule has 5 heteroatoms. The third-order valence-corrected chi connectivity index (χ3v) is 3.01. The second kappa shape index (κ2) is 3.43. The molecule has 0 aliphatic carbocycles. The van der Waals surface area contributed by atoms with E-state index in [1.165, 1.54) is 11.5 Å². The Morgan fingerprint density at radius 1 is 1.24 bits per heavy atom. The molecule has 0 N–H and O–H groups in total. The Balaban J connectivity index is 2.25. The highest BCUT2D eigenvalue weighted by Crippen LogP contribution is 2.26. The molecule has 0 atom stereocenters. The van der Waals surface area contributed by atoms with E-state index in [1.54, 1.807) is 0 Å². The molecule has 4 nitrogen and oxygen atoms in total. The maximum absolute atomic E-state index is 5.84. The molecule has 2 heterocycles. The molecular weight excluding hydrogens is 234 g/mol. The number of para-hydroxylation sites is 2. The quantitative estimate of drug-likeness (QED) is 0.663. The van der Waals surface area contributed by atoms with Crippen molar-refractivity contribution < 1.29 is 4.74 Å². The summed E-state index contributed by atoms with van der Waals surface area (Å²) >= 11 is 1.36. The minimum absolute atomic E-state index is 0.258. The van der Waals surface area contributed by atoms with E-state index >= 15 is 0 Å². The molecule has 0 aliphatic heterocycles. The lowest BCUT2D eigenvalue weighted by atomic mass is 10.2. The number of hydrogen-bond donors (Lipinski definition) is 0. The van der Waals surface area contributed by atoms with Crippen molar-refractivity contribution in [3.8, 4) is 6.01 Å². The summed E-state index contributed by atoms with van der Waals surface area (Å²) in [5, 5.41) is 0. The van der Waals surface area contributed by atoms with Crippen LogP contribution in [0.2, 0.25) is 0 Å². The molecule has 0 unspecified atom stereocenters. The number of fused-ring (bicyclic) bond motifs is 3. The number of imidazole rings is 1. The number of benzene rings is 1. The first-order valence-electron chi connectivity index (χ1n) is 5.46. The van der Waals surface area contributed by atoms with Crippen molar-refractivity contribution in [2.75, 3.05) is 0 Å². The van der Waals surface area contributed by atoms with Gasteiger partial charge in [-0.25, -0.2) is 9.38 Å². The molecule has 0 fully saturated rings. The van der Waals surface area contributed by atoms with Gasteiger partial charge in [0, 0.05) is 11.5 Å². The molecule has 0 saturated carbocycles. The van der Waals surface area contributed by atoms with Crippen molar-refractivity contribution in [2.24, 2.45) is 0 Å². The van der Waals surface area contributed by atoms with Gasteiger partial charge in [-0.15, -0.1) is 4.37 Å². The smallest absolute Gasteiger partial charge is 0.315 e. The normalized spacial score (nSPS) is 12.4. The number of aromatic nitrogens is 3. The summed E-state index contributed by atoms with van der Waals surface area (Å²) in [5.74, 6) is 0. The monoisotopic (exact) mass is 247 g/mol. The van der Waals surface area contributed by atoms with Gasteiger partial charge in [0.2, 0.25) is 4.96 Å². The van der Waals surface area contributed by atoms with Crippen molar-refractivity contribution in [3.63, 3.8) is 0 Å². The molecule has 1 aromatic carbocycles. The SMILES string of the molecule is CC(C)(C)Oc1nsc2nc3ccccc3n12. The van der Waals surface area contributed by atoms with Gasteiger partial charge in [-0.05, 0) is 32.9 Å². The summed E-state index contributed by atoms with van der Waals surface area (Å²) < 4.78 is 12.1. The minimum Gasteiger partial charge on any atom is -0.458 e. The van der Waals surface area contributed by atoms with Crippen LogP contribution in [-0.2, 0) is 0 Å². The molecule has 3 rings (SSSR count). The molecule has 0 radical (unpaired) electrons. The number of hydrogen-bond acceptors (Lipinski definition) is 4. The predicted octanol–water partition coefficient (Wildman–Crippen LogP) is 3.12. The molecule has 0 amide bonds. The van der Waals surface area contributed by atoms with E-state index in [1.807, 2.05) is 49.4 Å². The van der Waals surface area contributed by atoms with E-state index in [4.69, 9.17) is 4.74 Å². The second-order valence-electron chi connectivity index (χ2n) is 4.90. The molecule has 0 spiro atoms. The Hall–Kier alpha value is -1.62. The first kappa shape index (κ1) is 10.5. The molecule has 0 aliphatic rings. The van der Waals surface area contributed by atoms with E-state index in [0.29, 0.717) is 6.01 Å². The fourth-order valence-electron chi connectivity index (χ4n) is 1.71. The summed E-state index contributed by atoms with van der Waals surface area (Å²) in [6.07, 6.45) is 0. The third kappa shape index (κ3) is 1.76. The summed E-state index contributed by atoms with van der Waals surface area (Å²) in [6.45, 7) is 6.03. The Morgan fingerprint density at radius 2 is 2.00 bits per heavy atom. The van der Waals surface area contributed by atoms with Gasteiger partial charge < -0.3 is 4.74 Å². The Morgan fingerprint density at radius 3 is 2.76 bits per heavy atom. The fourth-order valence-corrected chi connectivity index (χ4v) is 2.38. The van der Waals surface area contributed by atoms with Crippen LogP contribution in [0.1, 0.15) is 20.8 Å². The Labute approximate surface area is 103 Å². The van der Waals surface area contributed by atoms with Crippen LogP contribution in [0.5, 0.6) is 6.01 Å². The number of ether oxygens (including phenoxy) is 1. The molecule has 17 heavy (non-hydrogen) atoms. The van der Waals surface area contributed by atoms with Crippen LogP contribution in [0.15, 0.2) is 24.3 Å². The first-order chi connectivity index (χ1) is 8.04. The maximum Gasteiger partial charge on any atom is 0.315 e. The summed E-state index contributed by atoms with van der Waals surface area (Å²) in [7, 11) is 0. The zero-order valence-electron chi connectivity index (χ0n) is 9.97. The third-order valence-electron chi connectivity index (χ3n) is 2.32. The molecular formula is C12H13N3OS.